The molecule has 0 saturated carbocycles. The lowest BCUT2D eigenvalue weighted by molar-refractivity contribution is 0.113. The molecule has 7 nitrogen and oxygen atoms in total. The van der Waals surface area contributed by atoms with Crippen LogP contribution in [0.3, 0.4) is 0 Å². The van der Waals surface area contributed by atoms with Gasteiger partial charge < -0.3 is 14.3 Å². The van der Waals surface area contributed by atoms with E-state index < -0.39 is 0 Å². The maximum atomic E-state index is 5.28. The summed E-state index contributed by atoms with van der Waals surface area (Å²) in [5.41, 5.74) is 0. The summed E-state index contributed by atoms with van der Waals surface area (Å²) >= 11 is 0. The molecule has 2 aromatic rings. The largest absolute Gasteiger partial charge is 0.324 e. The van der Waals surface area contributed by atoms with E-state index in [1.165, 1.54) is 38.8 Å². The Morgan fingerprint density at radius 1 is 1.04 bits per heavy atom. The highest BCUT2D eigenvalue weighted by atomic mass is 16.5. The summed E-state index contributed by atoms with van der Waals surface area (Å²) in [6, 6.07) is 3.95. The van der Waals surface area contributed by atoms with Gasteiger partial charge in [0.25, 0.3) is 0 Å². The molecule has 2 fully saturated rings. The highest BCUT2D eigenvalue weighted by Gasteiger charge is 2.30. The number of nitrogens with zero attached hydrogens (tertiary/aromatic N) is 6. The normalized spacial score (nSPS) is 21.9. The molecule has 0 spiro atoms. The molecule has 0 amide bonds. The Kier molecular flexibility index (Phi) is 4.03. The van der Waals surface area contributed by atoms with Crippen molar-refractivity contribution in [2.75, 3.05) is 31.1 Å². The van der Waals surface area contributed by atoms with Crippen LogP contribution in [0.15, 0.2) is 23.0 Å². The van der Waals surface area contributed by atoms with Gasteiger partial charge >= 0.3 is 6.01 Å². The minimum atomic E-state index is 0.572. The zero-order valence-corrected chi connectivity index (χ0v) is 13.6. The van der Waals surface area contributed by atoms with Crippen molar-refractivity contribution < 1.29 is 4.52 Å². The summed E-state index contributed by atoms with van der Waals surface area (Å²) in [4.78, 5) is 9.21. The molecule has 2 aliphatic heterocycles. The lowest BCUT2D eigenvalue weighted by Crippen LogP contribution is -2.48. The van der Waals surface area contributed by atoms with E-state index in [1.807, 2.05) is 19.2 Å². The second kappa shape index (κ2) is 6.31. The fourth-order valence-electron chi connectivity index (χ4n) is 3.85. The summed E-state index contributed by atoms with van der Waals surface area (Å²) in [5.74, 6) is 0.711. The molecule has 0 aliphatic carbocycles. The third-order valence-corrected chi connectivity index (χ3v) is 5.17. The number of aromatic nitrogens is 4. The second-order valence-corrected chi connectivity index (χ2v) is 6.60. The van der Waals surface area contributed by atoms with Crippen LogP contribution in [0.5, 0.6) is 0 Å². The molecular weight excluding hydrogens is 292 g/mol. The van der Waals surface area contributed by atoms with Crippen LogP contribution >= 0.6 is 0 Å². The predicted octanol–water partition coefficient (Wildman–Crippen LogP) is 1.88. The van der Waals surface area contributed by atoms with Crippen LogP contribution in [0, 0.1) is 6.92 Å². The maximum Gasteiger partial charge on any atom is 0.324 e. The van der Waals surface area contributed by atoms with Gasteiger partial charge in [0.2, 0.25) is 0 Å². The Labute approximate surface area is 136 Å². The first-order chi connectivity index (χ1) is 11.3. The molecule has 124 valence electrons. The smallest absolute Gasteiger partial charge is 0.324 e. The Balaban J connectivity index is 1.28. The molecule has 7 heteroatoms. The first kappa shape index (κ1) is 14.7. The molecule has 0 N–H and O–H groups in total. The van der Waals surface area contributed by atoms with E-state index in [9.17, 15) is 0 Å². The summed E-state index contributed by atoms with van der Waals surface area (Å²) in [6.45, 7) is 6.23. The summed E-state index contributed by atoms with van der Waals surface area (Å²) < 4.78 is 7.40. The van der Waals surface area contributed by atoms with Crippen LogP contribution in [-0.4, -0.2) is 57.0 Å². The maximum absolute atomic E-state index is 5.28. The van der Waals surface area contributed by atoms with Crippen molar-refractivity contribution in [1.82, 2.24) is 24.8 Å². The lowest BCUT2D eigenvalue weighted by atomic mass is 9.98. The molecule has 0 atom stereocenters. The fourth-order valence-corrected chi connectivity index (χ4v) is 3.85. The van der Waals surface area contributed by atoms with Crippen molar-refractivity contribution in [3.8, 4) is 0 Å². The summed E-state index contributed by atoms with van der Waals surface area (Å²) in [5, 5.41) is 8.28. The number of hydrogen-bond donors (Lipinski definition) is 0. The molecule has 23 heavy (non-hydrogen) atoms. The third-order valence-electron chi connectivity index (χ3n) is 5.17. The van der Waals surface area contributed by atoms with Crippen molar-refractivity contribution >= 4 is 6.01 Å². The molecule has 4 rings (SSSR count). The van der Waals surface area contributed by atoms with Crippen molar-refractivity contribution in [3.63, 3.8) is 0 Å². The lowest BCUT2D eigenvalue weighted by Gasteiger charge is -2.41. The monoisotopic (exact) mass is 316 g/mol. The molecule has 2 saturated heterocycles. The van der Waals surface area contributed by atoms with Crippen LogP contribution in [0.1, 0.15) is 37.5 Å². The van der Waals surface area contributed by atoms with Gasteiger partial charge in [0.05, 0.1) is 6.04 Å². The zero-order valence-electron chi connectivity index (χ0n) is 13.6. The number of piperidine rings is 2. The third kappa shape index (κ3) is 3.10. The Bertz CT molecular complexity index is 608. The van der Waals surface area contributed by atoms with E-state index in [0.717, 1.165) is 13.1 Å². The van der Waals surface area contributed by atoms with Gasteiger partial charge in [0.1, 0.15) is 0 Å². The number of anilines is 1. The number of likely N-dealkylation sites (tertiary alicyclic amines) is 1. The van der Waals surface area contributed by atoms with Crippen molar-refractivity contribution in [1.29, 1.82) is 0 Å². The van der Waals surface area contributed by atoms with Gasteiger partial charge in [-0.1, -0.05) is 5.16 Å². The topological polar surface area (TPSA) is 63.2 Å². The van der Waals surface area contributed by atoms with Crippen LogP contribution < -0.4 is 4.90 Å². The average molecular weight is 316 g/mol. The summed E-state index contributed by atoms with van der Waals surface area (Å²) in [7, 11) is 0. The SMILES string of the molecule is Cc1noc(N2CCC(N3CCC(n4cccn4)CC3)CC2)n1. The Hall–Kier alpha value is -1.89. The molecule has 0 bridgehead atoms. The zero-order chi connectivity index (χ0) is 15.6. The van der Waals surface area contributed by atoms with E-state index in [4.69, 9.17) is 4.52 Å². The number of aryl methyl sites for hydroxylation is 1. The van der Waals surface area contributed by atoms with Gasteiger partial charge in [0.15, 0.2) is 5.82 Å². The van der Waals surface area contributed by atoms with Gasteiger partial charge in [-0.2, -0.15) is 10.1 Å². The van der Waals surface area contributed by atoms with Crippen molar-refractivity contribution in [2.24, 2.45) is 0 Å². The van der Waals surface area contributed by atoms with Crippen LogP contribution in [0.4, 0.5) is 6.01 Å². The number of hydrogen-bond acceptors (Lipinski definition) is 6. The second-order valence-electron chi connectivity index (χ2n) is 6.60. The predicted molar refractivity (Wildman–Crippen MR) is 86.3 cm³/mol. The Morgan fingerprint density at radius 2 is 1.78 bits per heavy atom. The average Bonchev–Trinajstić information content (AvgIpc) is 3.27. The highest BCUT2D eigenvalue weighted by molar-refractivity contribution is 5.25. The highest BCUT2D eigenvalue weighted by Crippen LogP contribution is 2.27. The minimum absolute atomic E-state index is 0.572. The standard InChI is InChI=1S/C16H24N6O/c1-13-18-16(23-19-13)21-11-3-14(4-12-21)20-9-5-15(6-10-20)22-8-2-7-17-22/h2,7-8,14-15H,3-6,9-12H2,1H3. The molecule has 0 aromatic carbocycles. The minimum Gasteiger partial charge on any atom is -0.324 e. The van der Waals surface area contributed by atoms with E-state index in [-0.39, 0.29) is 0 Å². The van der Waals surface area contributed by atoms with E-state index >= 15 is 0 Å². The first-order valence-corrected chi connectivity index (χ1v) is 8.58. The van der Waals surface area contributed by atoms with Gasteiger partial charge in [-0.25, -0.2) is 0 Å². The van der Waals surface area contributed by atoms with Crippen molar-refractivity contribution in [3.05, 3.63) is 24.3 Å². The van der Waals surface area contributed by atoms with E-state index in [0.29, 0.717) is 23.9 Å². The molecule has 2 aliphatic rings. The van der Waals surface area contributed by atoms with Gasteiger partial charge in [-0.15, -0.1) is 0 Å². The molecular formula is C16H24N6O. The Morgan fingerprint density at radius 3 is 2.39 bits per heavy atom. The number of rotatable bonds is 3. The first-order valence-electron chi connectivity index (χ1n) is 8.58. The molecule has 0 radical (unpaired) electrons. The molecule has 2 aromatic heterocycles. The van der Waals surface area contributed by atoms with Crippen LogP contribution in [0.2, 0.25) is 0 Å². The molecule has 0 unspecified atom stereocenters. The van der Waals surface area contributed by atoms with Gasteiger partial charge in [0, 0.05) is 44.6 Å². The van der Waals surface area contributed by atoms with Crippen molar-refractivity contribution in [2.45, 2.75) is 44.7 Å². The summed E-state index contributed by atoms with van der Waals surface area (Å²) in [6.07, 6.45) is 8.71. The molecule has 4 heterocycles. The quantitative estimate of drug-likeness (QED) is 0.861. The van der Waals surface area contributed by atoms with Crippen LogP contribution in [0.25, 0.3) is 0 Å². The fraction of sp³-hybridized carbons (Fsp3) is 0.688. The van der Waals surface area contributed by atoms with Crippen LogP contribution in [-0.2, 0) is 0 Å². The van der Waals surface area contributed by atoms with E-state index in [2.05, 4.69) is 35.9 Å². The van der Waals surface area contributed by atoms with E-state index in [1.54, 1.807) is 0 Å². The van der Waals surface area contributed by atoms with Gasteiger partial charge in [-0.3, -0.25) is 4.68 Å². The van der Waals surface area contributed by atoms with Gasteiger partial charge in [-0.05, 0) is 38.7 Å².